The van der Waals surface area contributed by atoms with Crippen molar-refractivity contribution in [2.24, 2.45) is 5.92 Å². The van der Waals surface area contributed by atoms with E-state index < -0.39 is 5.97 Å². The number of oxazole rings is 1. The summed E-state index contributed by atoms with van der Waals surface area (Å²) in [7, 11) is 0. The number of hydrogen-bond donors (Lipinski definition) is 0. The Morgan fingerprint density at radius 3 is 2.95 bits per heavy atom. The van der Waals surface area contributed by atoms with Crippen LogP contribution in [0.4, 0.5) is 6.01 Å². The molecule has 1 aromatic rings. The molecule has 104 valence electrons. The van der Waals surface area contributed by atoms with E-state index >= 15 is 0 Å². The number of hydrogen-bond acceptors (Lipinski definition) is 6. The van der Waals surface area contributed by atoms with E-state index in [0.29, 0.717) is 38.0 Å². The van der Waals surface area contributed by atoms with Crippen molar-refractivity contribution in [3.05, 3.63) is 12.0 Å². The van der Waals surface area contributed by atoms with Gasteiger partial charge >= 0.3 is 5.97 Å². The summed E-state index contributed by atoms with van der Waals surface area (Å²) in [5.74, 6) is -0.0982. The summed E-state index contributed by atoms with van der Waals surface area (Å²) in [5.41, 5.74) is 0.155. The highest BCUT2D eigenvalue weighted by Gasteiger charge is 2.18. The Balaban J connectivity index is 2.79. The average molecular weight is 265 g/mol. The Labute approximate surface area is 113 Å². The van der Waals surface area contributed by atoms with Crippen molar-refractivity contribution < 1.29 is 13.9 Å². The number of nitriles is 1. The van der Waals surface area contributed by atoms with Gasteiger partial charge in [0.15, 0.2) is 5.69 Å². The number of esters is 1. The summed E-state index contributed by atoms with van der Waals surface area (Å²) >= 11 is 0. The summed E-state index contributed by atoms with van der Waals surface area (Å²) in [5, 5.41) is 8.66. The second kappa shape index (κ2) is 7.41. The molecule has 0 spiro atoms. The molecule has 1 aromatic heterocycles. The van der Waals surface area contributed by atoms with Crippen LogP contribution in [-0.4, -0.2) is 30.6 Å². The minimum absolute atomic E-state index is 0.155. The summed E-state index contributed by atoms with van der Waals surface area (Å²) in [6.07, 6.45) is 1.66. The SMILES string of the molecule is CCOC(=O)c1coc(N(CCC#N)CC(C)C)n1. The molecule has 0 N–H and O–H groups in total. The molecule has 0 unspecified atom stereocenters. The van der Waals surface area contributed by atoms with Crippen LogP contribution in [0.3, 0.4) is 0 Å². The monoisotopic (exact) mass is 265 g/mol. The molecule has 0 saturated heterocycles. The normalized spacial score (nSPS) is 10.3. The van der Waals surface area contributed by atoms with Crippen molar-refractivity contribution in [1.29, 1.82) is 5.26 Å². The zero-order valence-electron chi connectivity index (χ0n) is 11.5. The topological polar surface area (TPSA) is 79.4 Å². The maximum Gasteiger partial charge on any atom is 0.360 e. The van der Waals surface area contributed by atoms with Gasteiger partial charge in [-0.05, 0) is 12.8 Å². The third-order valence-corrected chi connectivity index (χ3v) is 2.33. The van der Waals surface area contributed by atoms with Crippen molar-refractivity contribution >= 4 is 12.0 Å². The molecule has 0 aliphatic carbocycles. The molecule has 0 amide bonds. The lowest BCUT2D eigenvalue weighted by molar-refractivity contribution is 0.0519. The molecule has 0 saturated carbocycles. The second-order valence-electron chi connectivity index (χ2n) is 4.48. The van der Waals surface area contributed by atoms with E-state index in [0.717, 1.165) is 0 Å². The molecule has 6 nitrogen and oxygen atoms in total. The van der Waals surface area contributed by atoms with Crippen LogP contribution in [0.25, 0.3) is 0 Å². The van der Waals surface area contributed by atoms with Gasteiger partial charge in [-0.3, -0.25) is 0 Å². The minimum Gasteiger partial charge on any atom is -0.461 e. The number of nitrogens with zero attached hydrogens (tertiary/aromatic N) is 3. The Kier molecular flexibility index (Phi) is 5.86. The van der Waals surface area contributed by atoms with Crippen LogP contribution in [0.2, 0.25) is 0 Å². The Bertz CT molecular complexity index is 448. The van der Waals surface area contributed by atoms with E-state index in [1.165, 1.54) is 6.26 Å². The first kappa shape index (κ1) is 15.0. The van der Waals surface area contributed by atoms with Gasteiger partial charge in [-0.15, -0.1) is 0 Å². The average Bonchev–Trinajstić information content (AvgIpc) is 2.84. The molecule has 0 fully saturated rings. The van der Waals surface area contributed by atoms with Gasteiger partial charge in [0.2, 0.25) is 0 Å². The fourth-order valence-electron chi connectivity index (χ4n) is 1.60. The molecular weight excluding hydrogens is 246 g/mol. The molecule has 1 heterocycles. The van der Waals surface area contributed by atoms with Crippen molar-refractivity contribution in [2.45, 2.75) is 27.2 Å². The molecule has 0 atom stereocenters. The quantitative estimate of drug-likeness (QED) is 0.703. The van der Waals surface area contributed by atoms with Gasteiger partial charge in [0.25, 0.3) is 6.01 Å². The van der Waals surface area contributed by atoms with Crippen LogP contribution in [0.5, 0.6) is 0 Å². The third kappa shape index (κ3) is 4.62. The van der Waals surface area contributed by atoms with Crippen LogP contribution < -0.4 is 4.90 Å². The number of carbonyl (C=O) groups is 1. The van der Waals surface area contributed by atoms with Gasteiger partial charge in [-0.2, -0.15) is 10.2 Å². The third-order valence-electron chi connectivity index (χ3n) is 2.33. The molecular formula is C13H19N3O3. The van der Waals surface area contributed by atoms with E-state index in [4.69, 9.17) is 14.4 Å². The van der Waals surface area contributed by atoms with Crippen molar-refractivity contribution in [1.82, 2.24) is 4.98 Å². The lowest BCUT2D eigenvalue weighted by atomic mass is 10.2. The van der Waals surface area contributed by atoms with Gasteiger partial charge in [0, 0.05) is 13.1 Å². The predicted molar refractivity (Wildman–Crippen MR) is 69.7 cm³/mol. The first-order chi connectivity index (χ1) is 9.08. The van der Waals surface area contributed by atoms with Crippen LogP contribution in [-0.2, 0) is 4.74 Å². The minimum atomic E-state index is -0.498. The second-order valence-corrected chi connectivity index (χ2v) is 4.48. The number of ether oxygens (including phenoxy) is 1. The highest BCUT2D eigenvalue weighted by atomic mass is 16.5. The maximum atomic E-state index is 11.5. The van der Waals surface area contributed by atoms with Crippen molar-refractivity contribution in [3.63, 3.8) is 0 Å². The largest absolute Gasteiger partial charge is 0.461 e. The molecule has 0 aliphatic heterocycles. The molecule has 0 aromatic carbocycles. The van der Waals surface area contributed by atoms with Gasteiger partial charge < -0.3 is 14.1 Å². The van der Waals surface area contributed by atoms with Gasteiger partial charge in [-0.25, -0.2) is 4.79 Å². The molecule has 0 aliphatic rings. The number of carbonyl (C=O) groups excluding carboxylic acids is 1. The standard InChI is InChI=1S/C13H19N3O3/c1-4-18-12(17)11-9-19-13(15-11)16(7-5-6-14)8-10(2)3/h9-10H,4-5,7-8H2,1-3H3. The molecule has 19 heavy (non-hydrogen) atoms. The molecule has 0 bridgehead atoms. The number of rotatable bonds is 7. The first-order valence-electron chi connectivity index (χ1n) is 6.33. The number of aromatic nitrogens is 1. The van der Waals surface area contributed by atoms with Crippen LogP contribution in [0, 0.1) is 17.2 Å². The fourth-order valence-corrected chi connectivity index (χ4v) is 1.60. The zero-order chi connectivity index (χ0) is 14.3. The maximum absolute atomic E-state index is 11.5. The molecule has 0 radical (unpaired) electrons. The lowest BCUT2D eigenvalue weighted by Gasteiger charge is -2.21. The summed E-state index contributed by atoms with van der Waals surface area (Å²) in [4.78, 5) is 17.5. The Morgan fingerprint density at radius 2 is 2.37 bits per heavy atom. The number of anilines is 1. The Hall–Kier alpha value is -2.03. The van der Waals surface area contributed by atoms with Crippen molar-refractivity contribution in [3.8, 4) is 6.07 Å². The van der Waals surface area contributed by atoms with Gasteiger partial charge in [0.1, 0.15) is 6.26 Å². The predicted octanol–water partition coefficient (Wildman–Crippen LogP) is 2.23. The molecule has 1 rings (SSSR count). The van der Waals surface area contributed by atoms with E-state index in [9.17, 15) is 4.79 Å². The highest BCUT2D eigenvalue weighted by molar-refractivity contribution is 5.87. The lowest BCUT2D eigenvalue weighted by Crippen LogP contribution is -2.29. The zero-order valence-corrected chi connectivity index (χ0v) is 11.5. The van der Waals surface area contributed by atoms with E-state index in [1.54, 1.807) is 6.92 Å². The van der Waals surface area contributed by atoms with Crippen molar-refractivity contribution in [2.75, 3.05) is 24.6 Å². The van der Waals surface area contributed by atoms with Crippen LogP contribution >= 0.6 is 0 Å². The summed E-state index contributed by atoms with van der Waals surface area (Å²) < 4.78 is 10.1. The van der Waals surface area contributed by atoms with E-state index in [2.05, 4.69) is 24.9 Å². The van der Waals surface area contributed by atoms with Crippen LogP contribution in [0.15, 0.2) is 10.7 Å². The summed E-state index contributed by atoms with van der Waals surface area (Å²) in [6.45, 7) is 7.40. The van der Waals surface area contributed by atoms with Gasteiger partial charge in [0.05, 0.1) is 19.1 Å². The van der Waals surface area contributed by atoms with Crippen LogP contribution in [0.1, 0.15) is 37.7 Å². The Morgan fingerprint density at radius 1 is 1.63 bits per heavy atom. The smallest absolute Gasteiger partial charge is 0.360 e. The summed E-state index contributed by atoms with van der Waals surface area (Å²) in [6, 6.07) is 2.44. The van der Waals surface area contributed by atoms with E-state index in [1.807, 2.05) is 4.90 Å². The highest BCUT2D eigenvalue weighted by Crippen LogP contribution is 2.16. The molecule has 6 heteroatoms. The fraction of sp³-hybridized carbons (Fsp3) is 0.615. The van der Waals surface area contributed by atoms with Gasteiger partial charge in [-0.1, -0.05) is 13.8 Å². The first-order valence-corrected chi connectivity index (χ1v) is 6.33. The van der Waals surface area contributed by atoms with E-state index in [-0.39, 0.29) is 5.69 Å².